The van der Waals surface area contributed by atoms with Crippen LogP contribution < -0.4 is 0 Å². The predicted octanol–water partition coefficient (Wildman–Crippen LogP) is 2.39. The summed E-state index contributed by atoms with van der Waals surface area (Å²) in [7, 11) is 1.67. The first-order valence-corrected chi connectivity index (χ1v) is 6.48. The lowest BCUT2D eigenvalue weighted by atomic mass is 10.0. The first-order valence-electron chi connectivity index (χ1n) is 6.48. The number of aliphatic hydroxyl groups excluding tert-OH is 1. The van der Waals surface area contributed by atoms with Crippen molar-refractivity contribution in [1.82, 2.24) is 9.88 Å². The van der Waals surface area contributed by atoms with E-state index in [-0.39, 0.29) is 41.4 Å². The van der Waals surface area contributed by atoms with Crippen LogP contribution in [0, 0.1) is 0 Å². The van der Waals surface area contributed by atoms with Gasteiger partial charge in [-0.2, -0.15) is 0 Å². The highest BCUT2D eigenvalue weighted by Crippen LogP contribution is 2.24. The molecule has 0 saturated heterocycles. The molecule has 1 aromatic rings. The fraction of sp³-hybridized carbons (Fsp3) is 0.357. The molecule has 0 amide bonds. The van der Waals surface area contributed by atoms with Crippen LogP contribution in [0.5, 0.6) is 0 Å². The van der Waals surface area contributed by atoms with Crippen LogP contribution in [0.15, 0.2) is 40.1 Å². The normalized spacial score (nSPS) is 19.5. The fourth-order valence-corrected chi connectivity index (χ4v) is 1.95. The molecule has 7 heteroatoms. The Labute approximate surface area is 122 Å². The molecule has 0 saturated carbocycles. The minimum Gasteiger partial charge on any atom is -0.493 e. The number of azo groups is 1. The number of hydrogen-bond donors (Lipinski definition) is 1. The van der Waals surface area contributed by atoms with Gasteiger partial charge in [0.25, 0.3) is 0 Å². The highest BCUT2D eigenvalue weighted by atomic mass is 16.3. The number of aromatic nitrogens is 1. The van der Waals surface area contributed by atoms with E-state index in [2.05, 4.69) is 15.2 Å². The highest BCUT2D eigenvalue weighted by molar-refractivity contribution is 5.98. The van der Waals surface area contributed by atoms with E-state index in [1.807, 2.05) is 6.92 Å². The van der Waals surface area contributed by atoms with Crippen molar-refractivity contribution in [3.05, 3.63) is 35.5 Å². The minimum atomic E-state index is -0.290. The maximum Gasteiger partial charge on any atom is 0.219 e. The molecular weight excluding hydrogens is 272 g/mol. The Morgan fingerprint density at radius 3 is 2.86 bits per heavy atom. The first-order chi connectivity index (χ1) is 9.91. The van der Waals surface area contributed by atoms with E-state index in [9.17, 15) is 14.7 Å². The quantitative estimate of drug-likeness (QED) is 0.680. The van der Waals surface area contributed by atoms with E-state index in [4.69, 9.17) is 0 Å². The zero-order valence-corrected chi connectivity index (χ0v) is 12.1. The van der Waals surface area contributed by atoms with E-state index in [0.717, 1.165) is 0 Å². The van der Waals surface area contributed by atoms with Crippen LogP contribution in [0.1, 0.15) is 30.6 Å². The molecule has 1 unspecified atom stereocenters. The second-order valence-corrected chi connectivity index (χ2v) is 4.89. The molecule has 0 fully saturated rings. The van der Waals surface area contributed by atoms with Crippen LogP contribution in [0.4, 0.5) is 5.82 Å². The SMILES string of the molecule is CC(=O)c1cccnc1N=NC1=C(O)N(C)C(C)CC1=O. The van der Waals surface area contributed by atoms with Gasteiger partial charge < -0.3 is 10.0 Å². The van der Waals surface area contributed by atoms with Gasteiger partial charge in [-0.1, -0.05) is 0 Å². The molecule has 7 nitrogen and oxygen atoms in total. The Hall–Kier alpha value is -2.57. The number of rotatable bonds is 3. The number of aliphatic hydroxyl groups is 1. The van der Waals surface area contributed by atoms with Crippen LogP contribution in [0.25, 0.3) is 0 Å². The highest BCUT2D eigenvalue weighted by Gasteiger charge is 2.29. The van der Waals surface area contributed by atoms with Crippen molar-refractivity contribution in [1.29, 1.82) is 0 Å². The maximum absolute atomic E-state index is 11.9. The summed E-state index contributed by atoms with van der Waals surface area (Å²) in [6.07, 6.45) is 1.72. The second kappa shape index (κ2) is 5.82. The minimum absolute atomic E-state index is 0.0981. The van der Waals surface area contributed by atoms with Crippen LogP contribution in [0.3, 0.4) is 0 Å². The number of pyridine rings is 1. The number of nitrogens with zero attached hydrogens (tertiary/aromatic N) is 4. The van der Waals surface area contributed by atoms with E-state index < -0.39 is 0 Å². The molecule has 1 N–H and O–H groups in total. The smallest absolute Gasteiger partial charge is 0.219 e. The van der Waals surface area contributed by atoms with Gasteiger partial charge in [-0.3, -0.25) is 9.59 Å². The van der Waals surface area contributed by atoms with Crippen LogP contribution in [-0.2, 0) is 4.79 Å². The summed E-state index contributed by atoms with van der Waals surface area (Å²) in [5.74, 6) is -0.583. The number of hydrogen-bond acceptors (Lipinski definition) is 7. The third kappa shape index (κ3) is 2.96. The molecule has 0 bridgehead atoms. The molecule has 0 radical (unpaired) electrons. The topological polar surface area (TPSA) is 95.2 Å². The molecule has 1 atom stereocenters. The standard InChI is InChI=1S/C14H16N4O3/c1-8-7-11(20)12(14(21)18(8)3)16-17-13-10(9(2)19)5-4-6-15-13/h4-6,8,21H,7H2,1-3H3. The third-order valence-corrected chi connectivity index (χ3v) is 3.36. The van der Waals surface area contributed by atoms with Gasteiger partial charge >= 0.3 is 0 Å². The molecule has 110 valence electrons. The summed E-state index contributed by atoms with van der Waals surface area (Å²) in [4.78, 5) is 28.9. The van der Waals surface area contributed by atoms with Gasteiger partial charge in [0.05, 0.1) is 5.56 Å². The van der Waals surface area contributed by atoms with Crippen molar-refractivity contribution in [2.45, 2.75) is 26.3 Å². The fourth-order valence-electron chi connectivity index (χ4n) is 1.95. The number of carbonyl (C=O) groups excluding carboxylic acids is 2. The van der Waals surface area contributed by atoms with Crippen LogP contribution >= 0.6 is 0 Å². The van der Waals surface area contributed by atoms with Crippen molar-refractivity contribution >= 4 is 17.4 Å². The molecule has 2 rings (SSSR count). The van der Waals surface area contributed by atoms with Gasteiger partial charge in [0.15, 0.2) is 23.1 Å². The summed E-state index contributed by atoms with van der Waals surface area (Å²) in [6, 6.07) is 3.10. The summed E-state index contributed by atoms with van der Waals surface area (Å²) in [5, 5.41) is 17.6. The third-order valence-electron chi connectivity index (χ3n) is 3.36. The first kappa shape index (κ1) is 14.8. The summed E-state index contributed by atoms with van der Waals surface area (Å²) < 4.78 is 0. The number of carbonyl (C=O) groups is 2. The van der Waals surface area contributed by atoms with E-state index >= 15 is 0 Å². The van der Waals surface area contributed by atoms with E-state index in [1.54, 1.807) is 24.1 Å². The lowest BCUT2D eigenvalue weighted by Crippen LogP contribution is -2.36. The molecule has 1 aliphatic heterocycles. The largest absolute Gasteiger partial charge is 0.493 e. The lowest BCUT2D eigenvalue weighted by Gasteiger charge is -2.29. The number of ketones is 2. The molecule has 1 aliphatic rings. The summed E-state index contributed by atoms with van der Waals surface area (Å²) >= 11 is 0. The van der Waals surface area contributed by atoms with Crippen molar-refractivity contribution in [2.24, 2.45) is 10.2 Å². The molecule has 0 aromatic carbocycles. The van der Waals surface area contributed by atoms with Crippen LogP contribution in [0.2, 0.25) is 0 Å². The Bertz CT molecular complexity index is 651. The zero-order valence-electron chi connectivity index (χ0n) is 12.1. The predicted molar refractivity (Wildman–Crippen MR) is 75.3 cm³/mol. The van der Waals surface area contributed by atoms with E-state index in [1.165, 1.54) is 13.1 Å². The number of allylic oxidation sites excluding steroid dienone is 1. The summed E-state index contributed by atoms with van der Waals surface area (Å²) in [5.41, 5.74) is 0.196. The molecule has 1 aromatic heterocycles. The van der Waals surface area contributed by atoms with Gasteiger partial charge in [0, 0.05) is 25.7 Å². The van der Waals surface area contributed by atoms with E-state index in [0.29, 0.717) is 5.56 Å². The number of Topliss-reactive ketones (excluding diaryl/α,β-unsaturated/α-hetero) is 2. The van der Waals surface area contributed by atoms with Gasteiger partial charge in [0.2, 0.25) is 5.88 Å². The lowest BCUT2D eigenvalue weighted by molar-refractivity contribution is -0.118. The Morgan fingerprint density at radius 2 is 2.19 bits per heavy atom. The molecule has 21 heavy (non-hydrogen) atoms. The summed E-state index contributed by atoms with van der Waals surface area (Å²) in [6.45, 7) is 3.22. The van der Waals surface area contributed by atoms with Crippen LogP contribution in [-0.4, -0.2) is 39.6 Å². The van der Waals surface area contributed by atoms with Crippen molar-refractivity contribution in [2.75, 3.05) is 7.05 Å². The van der Waals surface area contributed by atoms with Gasteiger partial charge in [0.1, 0.15) is 0 Å². The molecule has 0 spiro atoms. The zero-order chi connectivity index (χ0) is 15.6. The Kier molecular flexibility index (Phi) is 4.11. The Morgan fingerprint density at radius 1 is 1.48 bits per heavy atom. The van der Waals surface area contributed by atoms with Crippen molar-refractivity contribution < 1.29 is 14.7 Å². The van der Waals surface area contributed by atoms with Gasteiger partial charge in [-0.05, 0) is 26.0 Å². The van der Waals surface area contributed by atoms with Crippen molar-refractivity contribution in [3.8, 4) is 0 Å². The second-order valence-electron chi connectivity index (χ2n) is 4.89. The average molecular weight is 288 g/mol. The average Bonchev–Trinajstić information content (AvgIpc) is 2.45. The van der Waals surface area contributed by atoms with Gasteiger partial charge in [-0.25, -0.2) is 4.98 Å². The molecule has 0 aliphatic carbocycles. The molecule has 2 heterocycles. The molecular formula is C14H16N4O3. The Balaban J connectivity index is 2.37. The van der Waals surface area contributed by atoms with Gasteiger partial charge in [-0.15, -0.1) is 10.2 Å². The monoisotopic (exact) mass is 288 g/mol. The van der Waals surface area contributed by atoms with Crippen molar-refractivity contribution in [3.63, 3.8) is 0 Å². The maximum atomic E-state index is 11.9.